The molecule has 1 fully saturated rings. The van der Waals surface area contributed by atoms with Crippen molar-refractivity contribution in [1.82, 2.24) is 14.2 Å². The molecule has 0 atom stereocenters. The van der Waals surface area contributed by atoms with E-state index in [1.165, 1.54) is 30.7 Å². The van der Waals surface area contributed by atoms with Gasteiger partial charge in [-0.15, -0.1) is 0 Å². The van der Waals surface area contributed by atoms with Crippen molar-refractivity contribution in [3.05, 3.63) is 78.2 Å². The van der Waals surface area contributed by atoms with E-state index in [-0.39, 0.29) is 48.7 Å². The van der Waals surface area contributed by atoms with Crippen LogP contribution in [0.25, 0.3) is 10.9 Å². The fourth-order valence-electron chi connectivity index (χ4n) is 5.02. The smallest absolute Gasteiger partial charge is 0.244 e. The molecule has 0 bridgehead atoms. The van der Waals surface area contributed by atoms with E-state index in [0.29, 0.717) is 12.4 Å². The predicted octanol–water partition coefficient (Wildman–Crippen LogP) is 4.16. The van der Waals surface area contributed by atoms with Gasteiger partial charge in [0.2, 0.25) is 15.9 Å². The van der Waals surface area contributed by atoms with Crippen LogP contribution in [-0.4, -0.2) is 74.5 Å². The fourth-order valence-corrected chi connectivity index (χ4v) is 6.74. The van der Waals surface area contributed by atoms with Crippen LogP contribution in [0.1, 0.15) is 25.1 Å². The third-order valence-electron chi connectivity index (χ3n) is 7.19. The molecule has 2 aromatic carbocycles. The summed E-state index contributed by atoms with van der Waals surface area (Å²) in [6.45, 7) is 10.4. The van der Waals surface area contributed by atoms with Gasteiger partial charge < -0.3 is 19.1 Å². The molecule has 10 heteroatoms. The highest BCUT2D eigenvalue weighted by atomic mass is 32.2. The van der Waals surface area contributed by atoms with Gasteiger partial charge in [-0.05, 0) is 43.3 Å². The summed E-state index contributed by atoms with van der Waals surface area (Å²) >= 11 is 0. The molecular formula is C30H37N3O6S. The van der Waals surface area contributed by atoms with Gasteiger partial charge in [-0.25, -0.2) is 8.42 Å². The molecule has 0 N–H and O–H groups in total. The number of aryl methyl sites for hydroxylation is 1. The van der Waals surface area contributed by atoms with Gasteiger partial charge in [-0.2, -0.15) is 4.31 Å². The number of hydrogen-bond donors (Lipinski definition) is 0. The van der Waals surface area contributed by atoms with Gasteiger partial charge >= 0.3 is 0 Å². The first-order valence-corrected chi connectivity index (χ1v) is 14.6. The van der Waals surface area contributed by atoms with Crippen LogP contribution in [0.15, 0.2) is 71.8 Å². The van der Waals surface area contributed by atoms with Crippen LogP contribution in [0.2, 0.25) is 0 Å². The Kier molecular flexibility index (Phi) is 8.82. The minimum absolute atomic E-state index is 0.0534. The molecule has 0 spiro atoms. The van der Waals surface area contributed by atoms with E-state index < -0.39 is 15.6 Å². The first kappa shape index (κ1) is 29.5. The summed E-state index contributed by atoms with van der Waals surface area (Å²) in [5.41, 5.74) is 1.68. The number of fused-ring (bicyclic) bond motifs is 1. The molecule has 1 aliphatic heterocycles. The van der Waals surface area contributed by atoms with Crippen LogP contribution >= 0.6 is 0 Å². The van der Waals surface area contributed by atoms with E-state index in [0.717, 1.165) is 22.2 Å². The number of para-hydroxylation sites is 1. The Hall–Kier alpha value is -3.47. The molecule has 0 radical (unpaired) electrons. The monoisotopic (exact) mass is 567 g/mol. The van der Waals surface area contributed by atoms with Crippen molar-refractivity contribution in [1.29, 1.82) is 0 Å². The van der Waals surface area contributed by atoms with Gasteiger partial charge in [-0.3, -0.25) is 9.78 Å². The first-order valence-electron chi connectivity index (χ1n) is 13.2. The van der Waals surface area contributed by atoms with Crippen molar-refractivity contribution in [2.75, 3.05) is 40.5 Å². The van der Waals surface area contributed by atoms with Gasteiger partial charge in [-0.1, -0.05) is 38.6 Å². The number of nitrogens with zero attached hydrogens (tertiary/aromatic N) is 3. The maximum absolute atomic E-state index is 14.0. The summed E-state index contributed by atoms with van der Waals surface area (Å²) in [6, 6.07) is 16.2. The quantitative estimate of drug-likeness (QED) is 0.303. The molecular weight excluding hydrogens is 530 g/mol. The lowest BCUT2D eigenvalue weighted by Gasteiger charge is -2.55. The zero-order valence-corrected chi connectivity index (χ0v) is 24.5. The summed E-state index contributed by atoms with van der Waals surface area (Å²) in [5.74, 6) is 0.552. The Morgan fingerprint density at radius 3 is 2.42 bits per heavy atom. The Bertz CT molecular complexity index is 1480. The third kappa shape index (κ3) is 5.70. The van der Waals surface area contributed by atoms with Crippen LogP contribution in [0.4, 0.5) is 0 Å². The van der Waals surface area contributed by atoms with Crippen molar-refractivity contribution >= 4 is 26.8 Å². The van der Waals surface area contributed by atoms with E-state index in [2.05, 4.69) is 11.6 Å². The van der Waals surface area contributed by atoms with Gasteiger partial charge in [0.15, 0.2) is 0 Å². The lowest BCUT2D eigenvalue weighted by atomic mass is 9.86. The van der Waals surface area contributed by atoms with E-state index in [4.69, 9.17) is 14.2 Å². The Labute approximate surface area is 236 Å². The molecule has 2 heterocycles. The Morgan fingerprint density at radius 1 is 1.12 bits per heavy atom. The largest absolute Gasteiger partial charge is 0.500 e. The molecule has 40 heavy (non-hydrogen) atoms. The maximum atomic E-state index is 14.0. The van der Waals surface area contributed by atoms with Gasteiger partial charge in [0.25, 0.3) is 0 Å². The summed E-state index contributed by atoms with van der Waals surface area (Å²) < 4.78 is 46.1. The van der Waals surface area contributed by atoms with Crippen molar-refractivity contribution < 1.29 is 27.4 Å². The standard InChI is InChI=1S/C30H37N3O6S/c1-21(2)29(34)32-19-30(20-32,23(4)38-6)33(15-16-37-5)40(35,36)26-13-11-25(12-14-26)39-18-24-17-22(3)31-28-10-8-7-9-27(24)28/h7-14,17,21H,4,15-16,18-20H2,1-3,5-6H3. The highest BCUT2D eigenvalue weighted by Gasteiger charge is 2.56. The van der Waals surface area contributed by atoms with Crippen LogP contribution in [0.3, 0.4) is 0 Å². The van der Waals surface area contributed by atoms with Crippen LogP contribution in [0.5, 0.6) is 5.75 Å². The normalized spacial score (nSPS) is 14.8. The zero-order valence-electron chi connectivity index (χ0n) is 23.7. The number of likely N-dealkylation sites (tertiary alicyclic amines) is 1. The summed E-state index contributed by atoms with van der Waals surface area (Å²) in [5, 5.41) is 1.01. The summed E-state index contributed by atoms with van der Waals surface area (Å²) in [6.07, 6.45) is 0. The molecule has 9 nitrogen and oxygen atoms in total. The number of rotatable bonds is 12. The van der Waals surface area contributed by atoms with E-state index >= 15 is 0 Å². The lowest BCUT2D eigenvalue weighted by molar-refractivity contribution is -0.146. The molecule has 1 aromatic heterocycles. The Morgan fingerprint density at radius 2 is 1.80 bits per heavy atom. The second kappa shape index (κ2) is 12.0. The predicted molar refractivity (Wildman–Crippen MR) is 153 cm³/mol. The second-order valence-electron chi connectivity index (χ2n) is 10.3. The van der Waals surface area contributed by atoms with Crippen molar-refractivity contribution in [2.45, 2.75) is 37.8 Å². The number of aromatic nitrogens is 1. The molecule has 0 aliphatic carbocycles. The minimum Gasteiger partial charge on any atom is -0.500 e. The maximum Gasteiger partial charge on any atom is 0.244 e. The third-order valence-corrected chi connectivity index (χ3v) is 9.17. The Balaban J connectivity index is 1.58. The van der Waals surface area contributed by atoms with Crippen LogP contribution in [-0.2, 0) is 30.9 Å². The highest BCUT2D eigenvalue weighted by Crippen LogP contribution is 2.39. The average Bonchev–Trinajstić information content (AvgIpc) is 2.92. The molecule has 1 aliphatic rings. The number of methoxy groups -OCH3 is 2. The van der Waals surface area contributed by atoms with Gasteiger partial charge in [0, 0.05) is 49.3 Å². The number of ether oxygens (including phenoxy) is 3. The van der Waals surface area contributed by atoms with Crippen LogP contribution < -0.4 is 4.74 Å². The SMILES string of the molecule is C=C(OC)C1(N(CCOC)S(=O)(=O)c2ccc(OCc3cc(C)nc4ccccc34)cc2)CN(C(=O)C(C)C)C1. The van der Waals surface area contributed by atoms with E-state index in [1.54, 1.807) is 17.0 Å². The average molecular weight is 568 g/mol. The van der Waals surface area contributed by atoms with Gasteiger partial charge in [0.1, 0.15) is 23.7 Å². The van der Waals surface area contributed by atoms with E-state index in [9.17, 15) is 13.2 Å². The topological polar surface area (TPSA) is 98.3 Å². The summed E-state index contributed by atoms with van der Waals surface area (Å²) in [7, 11) is -1.06. The number of carbonyl (C=O) groups is 1. The van der Waals surface area contributed by atoms with Gasteiger partial charge in [0.05, 0.1) is 24.1 Å². The summed E-state index contributed by atoms with van der Waals surface area (Å²) in [4.78, 5) is 18.9. The van der Waals surface area contributed by atoms with Crippen molar-refractivity contribution in [3.63, 3.8) is 0 Å². The first-order chi connectivity index (χ1) is 19.0. The molecule has 3 aromatic rings. The highest BCUT2D eigenvalue weighted by molar-refractivity contribution is 7.89. The lowest BCUT2D eigenvalue weighted by Crippen LogP contribution is -2.73. The molecule has 4 rings (SSSR count). The molecule has 0 unspecified atom stereocenters. The number of sulfonamides is 1. The minimum atomic E-state index is -4.02. The van der Waals surface area contributed by atoms with E-state index in [1.807, 2.05) is 51.1 Å². The number of amides is 1. The molecule has 1 saturated heterocycles. The number of benzene rings is 2. The second-order valence-corrected chi connectivity index (χ2v) is 12.1. The molecule has 0 saturated carbocycles. The fraction of sp³-hybridized carbons (Fsp3) is 0.400. The molecule has 214 valence electrons. The molecule has 1 amide bonds. The van der Waals surface area contributed by atoms with Crippen molar-refractivity contribution in [3.8, 4) is 5.75 Å². The van der Waals surface area contributed by atoms with Crippen molar-refractivity contribution in [2.24, 2.45) is 5.92 Å². The number of carbonyl (C=O) groups excluding carboxylic acids is 1. The number of pyridine rings is 1. The van der Waals surface area contributed by atoms with Crippen LogP contribution in [0, 0.1) is 12.8 Å². The number of hydrogen-bond acceptors (Lipinski definition) is 7. The zero-order chi connectivity index (χ0) is 29.1.